The van der Waals surface area contributed by atoms with Gasteiger partial charge >= 0.3 is 5.97 Å². The molecule has 0 aliphatic carbocycles. The van der Waals surface area contributed by atoms with Crippen molar-refractivity contribution in [2.75, 3.05) is 0 Å². The summed E-state index contributed by atoms with van der Waals surface area (Å²) in [7, 11) is 0. The Balaban J connectivity index is 1.87. The average molecular weight is 328 g/mol. The van der Waals surface area contributed by atoms with Crippen molar-refractivity contribution in [1.29, 1.82) is 0 Å². The Labute approximate surface area is 140 Å². The third-order valence-corrected chi connectivity index (χ3v) is 4.77. The standard InChI is InChI=1S/C19H20O3S/c1-14(20)18(19(21)22)12-9-15-7-10-17(11-8-15)23-13-16-5-3-2-4-6-16/h2-8,10-11,18H,9,12-13H2,1H3,(H,21,22). The molecule has 0 aliphatic heterocycles. The molecule has 0 saturated carbocycles. The van der Waals surface area contributed by atoms with E-state index in [1.165, 1.54) is 17.4 Å². The van der Waals surface area contributed by atoms with Crippen LogP contribution in [0, 0.1) is 5.92 Å². The number of thioether (sulfide) groups is 1. The molecule has 23 heavy (non-hydrogen) atoms. The summed E-state index contributed by atoms with van der Waals surface area (Å²) < 4.78 is 0. The van der Waals surface area contributed by atoms with Crippen LogP contribution < -0.4 is 0 Å². The summed E-state index contributed by atoms with van der Waals surface area (Å²) in [4.78, 5) is 23.5. The topological polar surface area (TPSA) is 54.4 Å². The predicted octanol–water partition coefficient (Wildman–Crippen LogP) is 4.20. The van der Waals surface area contributed by atoms with Crippen molar-refractivity contribution in [3.63, 3.8) is 0 Å². The van der Waals surface area contributed by atoms with Crippen molar-refractivity contribution < 1.29 is 14.7 Å². The first-order chi connectivity index (χ1) is 11.1. The summed E-state index contributed by atoms with van der Waals surface area (Å²) in [5, 5.41) is 9.02. The molecule has 0 amide bonds. The minimum absolute atomic E-state index is 0.285. The van der Waals surface area contributed by atoms with E-state index >= 15 is 0 Å². The molecular weight excluding hydrogens is 308 g/mol. The second-order valence-corrected chi connectivity index (χ2v) is 6.51. The second kappa shape index (κ2) is 8.53. The van der Waals surface area contributed by atoms with Gasteiger partial charge in [0.2, 0.25) is 0 Å². The second-order valence-electron chi connectivity index (χ2n) is 5.46. The van der Waals surface area contributed by atoms with Crippen LogP contribution in [-0.2, 0) is 21.8 Å². The Kier molecular flexibility index (Phi) is 6.41. The van der Waals surface area contributed by atoms with E-state index in [2.05, 4.69) is 12.1 Å². The fourth-order valence-corrected chi connectivity index (χ4v) is 3.16. The van der Waals surface area contributed by atoms with Gasteiger partial charge in [-0.15, -0.1) is 11.8 Å². The van der Waals surface area contributed by atoms with Gasteiger partial charge in [-0.3, -0.25) is 9.59 Å². The number of Topliss-reactive ketones (excluding diaryl/α,β-unsaturated/α-hetero) is 1. The lowest BCUT2D eigenvalue weighted by molar-refractivity contribution is -0.145. The number of ketones is 1. The Bertz CT molecular complexity index is 636. The maximum atomic E-state index is 11.3. The highest BCUT2D eigenvalue weighted by molar-refractivity contribution is 7.98. The zero-order valence-electron chi connectivity index (χ0n) is 13.1. The molecule has 2 aromatic rings. The minimum atomic E-state index is -1.03. The van der Waals surface area contributed by atoms with Gasteiger partial charge in [-0.1, -0.05) is 42.5 Å². The molecule has 4 heteroatoms. The minimum Gasteiger partial charge on any atom is -0.481 e. The number of carbonyl (C=O) groups excluding carboxylic acids is 1. The molecule has 1 unspecified atom stereocenters. The normalized spacial score (nSPS) is 11.9. The van der Waals surface area contributed by atoms with Gasteiger partial charge in [-0.25, -0.2) is 0 Å². The van der Waals surface area contributed by atoms with E-state index in [0.717, 1.165) is 11.3 Å². The Hall–Kier alpha value is -2.07. The molecule has 0 radical (unpaired) electrons. The highest BCUT2D eigenvalue weighted by Gasteiger charge is 2.21. The summed E-state index contributed by atoms with van der Waals surface area (Å²) in [6.07, 6.45) is 0.946. The van der Waals surface area contributed by atoms with E-state index < -0.39 is 11.9 Å². The van der Waals surface area contributed by atoms with E-state index in [4.69, 9.17) is 5.11 Å². The van der Waals surface area contributed by atoms with Crippen LogP contribution in [0.4, 0.5) is 0 Å². The van der Waals surface area contributed by atoms with Crippen LogP contribution in [0.25, 0.3) is 0 Å². The third kappa shape index (κ3) is 5.57. The van der Waals surface area contributed by atoms with Crippen LogP contribution in [-0.4, -0.2) is 16.9 Å². The van der Waals surface area contributed by atoms with Crippen molar-refractivity contribution in [3.05, 3.63) is 65.7 Å². The molecule has 120 valence electrons. The zero-order valence-corrected chi connectivity index (χ0v) is 13.9. The molecule has 2 aromatic carbocycles. The summed E-state index contributed by atoms with van der Waals surface area (Å²) in [5.74, 6) is -1.30. The molecule has 0 aromatic heterocycles. The summed E-state index contributed by atoms with van der Waals surface area (Å²) in [5.41, 5.74) is 2.34. The monoisotopic (exact) mass is 328 g/mol. The number of carbonyl (C=O) groups is 2. The largest absolute Gasteiger partial charge is 0.481 e. The Morgan fingerprint density at radius 3 is 2.22 bits per heavy atom. The van der Waals surface area contributed by atoms with Crippen molar-refractivity contribution in [2.24, 2.45) is 5.92 Å². The van der Waals surface area contributed by atoms with E-state index in [9.17, 15) is 9.59 Å². The molecular formula is C19H20O3S. The molecule has 0 saturated heterocycles. The number of carboxylic acid groups (broad SMARTS) is 1. The lowest BCUT2D eigenvalue weighted by Crippen LogP contribution is -2.22. The fraction of sp³-hybridized carbons (Fsp3) is 0.263. The maximum Gasteiger partial charge on any atom is 0.314 e. The molecule has 0 aliphatic rings. The molecule has 2 rings (SSSR count). The summed E-state index contributed by atoms with van der Waals surface area (Å²) >= 11 is 1.77. The van der Waals surface area contributed by atoms with Crippen molar-refractivity contribution in [2.45, 2.75) is 30.4 Å². The van der Waals surface area contributed by atoms with E-state index in [0.29, 0.717) is 12.8 Å². The number of benzene rings is 2. The first kappa shape index (κ1) is 17.3. The molecule has 3 nitrogen and oxygen atoms in total. The first-order valence-corrected chi connectivity index (χ1v) is 8.54. The van der Waals surface area contributed by atoms with Gasteiger partial charge in [0.15, 0.2) is 0 Å². The summed E-state index contributed by atoms with van der Waals surface area (Å²) in [6, 6.07) is 18.4. The SMILES string of the molecule is CC(=O)C(CCc1ccc(SCc2ccccc2)cc1)C(=O)O. The fourth-order valence-electron chi connectivity index (χ4n) is 2.30. The van der Waals surface area contributed by atoms with Gasteiger partial charge in [0, 0.05) is 10.6 Å². The number of hydrogen-bond donors (Lipinski definition) is 1. The lowest BCUT2D eigenvalue weighted by Gasteiger charge is -2.09. The highest BCUT2D eigenvalue weighted by atomic mass is 32.2. The molecule has 1 N–H and O–H groups in total. The van der Waals surface area contributed by atoms with Gasteiger partial charge in [-0.2, -0.15) is 0 Å². The van der Waals surface area contributed by atoms with Gasteiger partial charge in [-0.05, 0) is 43.0 Å². The number of carboxylic acids is 1. The van der Waals surface area contributed by atoms with Crippen molar-refractivity contribution in [1.82, 2.24) is 0 Å². The van der Waals surface area contributed by atoms with Crippen LogP contribution in [0.5, 0.6) is 0 Å². The average Bonchev–Trinajstić information content (AvgIpc) is 2.54. The Morgan fingerprint density at radius 2 is 1.65 bits per heavy atom. The van der Waals surface area contributed by atoms with Gasteiger partial charge in [0.1, 0.15) is 11.7 Å². The van der Waals surface area contributed by atoms with Gasteiger partial charge in [0.05, 0.1) is 0 Å². The quantitative estimate of drug-likeness (QED) is 0.583. The van der Waals surface area contributed by atoms with E-state index in [1.807, 2.05) is 42.5 Å². The van der Waals surface area contributed by atoms with Crippen LogP contribution in [0.3, 0.4) is 0 Å². The van der Waals surface area contributed by atoms with Crippen LogP contribution in [0.1, 0.15) is 24.5 Å². The Morgan fingerprint density at radius 1 is 1.00 bits per heavy atom. The molecule has 0 heterocycles. The number of aryl methyl sites for hydroxylation is 1. The van der Waals surface area contributed by atoms with Gasteiger partial charge in [0.25, 0.3) is 0 Å². The van der Waals surface area contributed by atoms with Crippen LogP contribution in [0.15, 0.2) is 59.5 Å². The van der Waals surface area contributed by atoms with E-state index in [1.54, 1.807) is 11.8 Å². The predicted molar refractivity (Wildman–Crippen MR) is 92.6 cm³/mol. The zero-order chi connectivity index (χ0) is 16.7. The highest BCUT2D eigenvalue weighted by Crippen LogP contribution is 2.23. The van der Waals surface area contributed by atoms with Gasteiger partial charge < -0.3 is 5.11 Å². The van der Waals surface area contributed by atoms with Crippen molar-refractivity contribution >= 4 is 23.5 Å². The molecule has 1 atom stereocenters. The maximum absolute atomic E-state index is 11.3. The van der Waals surface area contributed by atoms with Crippen molar-refractivity contribution in [3.8, 4) is 0 Å². The van der Waals surface area contributed by atoms with Crippen LogP contribution >= 0.6 is 11.8 Å². The van der Waals surface area contributed by atoms with E-state index in [-0.39, 0.29) is 5.78 Å². The third-order valence-electron chi connectivity index (χ3n) is 3.68. The number of aliphatic carboxylic acids is 1. The smallest absolute Gasteiger partial charge is 0.314 e. The van der Waals surface area contributed by atoms with Crippen LogP contribution in [0.2, 0.25) is 0 Å². The molecule has 0 fully saturated rings. The first-order valence-electron chi connectivity index (χ1n) is 7.55. The lowest BCUT2D eigenvalue weighted by atomic mass is 9.96. The molecule has 0 bridgehead atoms. The number of hydrogen-bond acceptors (Lipinski definition) is 3. The summed E-state index contributed by atoms with van der Waals surface area (Å²) in [6.45, 7) is 1.34. The number of rotatable bonds is 8. The molecule has 0 spiro atoms.